The van der Waals surface area contributed by atoms with E-state index in [1.54, 1.807) is 30.3 Å². The van der Waals surface area contributed by atoms with Crippen LogP contribution in [0.25, 0.3) is 0 Å². The molecule has 3 atom stereocenters. The molecule has 0 bridgehead atoms. The zero-order valence-corrected chi connectivity index (χ0v) is 21.5. The highest BCUT2D eigenvalue weighted by molar-refractivity contribution is 5.94. The second kappa shape index (κ2) is 12.2. The van der Waals surface area contributed by atoms with E-state index in [9.17, 15) is 9.18 Å². The van der Waals surface area contributed by atoms with Crippen molar-refractivity contribution in [3.8, 4) is 0 Å². The van der Waals surface area contributed by atoms with Gasteiger partial charge >= 0.3 is 0 Å². The molecule has 3 aromatic carbocycles. The fourth-order valence-corrected chi connectivity index (χ4v) is 5.62. The molecule has 1 saturated carbocycles. The molecule has 200 valence electrons. The number of nitrogens with one attached hydrogen (secondary N) is 2. The van der Waals surface area contributed by atoms with Gasteiger partial charge in [0.05, 0.1) is 12.3 Å². The van der Waals surface area contributed by atoms with Gasteiger partial charge in [0.1, 0.15) is 11.6 Å². The second-order valence-electron chi connectivity index (χ2n) is 10.7. The van der Waals surface area contributed by atoms with Crippen LogP contribution in [0.15, 0.2) is 78.9 Å². The van der Waals surface area contributed by atoms with Gasteiger partial charge in [0.25, 0.3) is 5.91 Å². The minimum Gasteiger partial charge on any atom is -0.337 e. The fraction of sp³-hybridized carbons (Fsp3) is 0.387. The van der Waals surface area contributed by atoms with E-state index in [-0.39, 0.29) is 29.9 Å². The lowest BCUT2D eigenvalue weighted by molar-refractivity contribution is 0.0698. The largest absolute Gasteiger partial charge is 0.337 e. The number of amides is 1. The minimum atomic E-state index is -0.416. The Morgan fingerprint density at radius 1 is 0.921 bits per heavy atom. The van der Waals surface area contributed by atoms with Crippen LogP contribution >= 0.6 is 0 Å². The van der Waals surface area contributed by atoms with E-state index in [0.717, 1.165) is 37.8 Å². The lowest BCUT2D eigenvalue weighted by Gasteiger charge is -2.35. The van der Waals surface area contributed by atoms with Crippen molar-refractivity contribution in [2.45, 2.75) is 43.9 Å². The average Bonchev–Trinajstić information content (AvgIpc) is 3.66. The highest BCUT2D eigenvalue weighted by Gasteiger charge is 2.33. The molecule has 3 unspecified atom stereocenters. The third kappa shape index (κ3) is 6.65. The number of halogens is 2. The van der Waals surface area contributed by atoms with Crippen molar-refractivity contribution >= 4 is 5.91 Å². The summed E-state index contributed by atoms with van der Waals surface area (Å²) in [4.78, 5) is 15.7. The van der Waals surface area contributed by atoms with E-state index in [4.69, 9.17) is 5.73 Å². The van der Waals surface area contributed by atoms with Gasteiger partial charge in [-0.15, -0.1) is 0 Å². The Hall–Kier alpha value is -3.13. The molecule has 1 amide bonds. The number of benzene rings is 3. The van der Waals surface area contributed by atoms with Gasteiger partial charge in [-0.05, 0) is 85.5 Å². The third-order valence-electron chi connectivity index (χ3n) is 7.96. The number of rotatable bonds is 10. The van der Waals surface area contributed by atoms with E-state index in [1.165, 1.54) is 18.2 Å². The molecule has 1 aliphatic heterocycles. The maximum atomic E-state index is 15.0. The van der Waals surface area contributed by atoms with Crippen LogP contribution < -0.4 is 16.4 Å². The molecular formula is C31H36F2N4O. The van der Waals surface area contributed by atoms with Crippen LogP contribution in [0.5, 0.6) is 0 Å². The number of carbonyl (C=O) groups is 1. The highest BCUT2D eigenvalue weighted by atomic mass is 19.1. The van der Waals surface area contributed by atoms with Gasteiger partial charge in [-0.3, -0.25) is 15.4 Å². The zero-order chi connectivity index (χ0) is 26.5. The summed E-state index contributed by atoms with van der Waals surface area (Å²) in [7, 11) is 0. The molecule has 1 aliphatic carbocycles. The van der Waals surface area contributed by atoms with Crippen molar-refractivity contribution < 1.29 is 13.6 Å². The molecule has 38 heavy (non-hydrogen) atoms. The Morgan fingerprint density at radius 3 is 2.21 bits per heavy atom. The van der Waals surface area contributed by atoms with Crippen LogP contribution in [0.4, 0.5) is 8.78 Å². The quantitative estimate of drug-likeness (QED) is 0.335. The first-order valence-electron chi connectivity index (χ1n) is 13.6. The standard InChI is InChI=1S/C31H36F2N4O/c32-25-16-14-23(15-17-25)27(26-8-4-5-9-28(26)33)20-37(31(38)24-6-2-1-3-7-24)19-22-12-10-21(11-13-22)18-35-30-29(34)36-30/h1-9,14-17,21-22,27,29-30,35-36H,10-13,18-20,34H2. The molecule has 0 spiro atoms. The first-order chi connectivity index (χ1) is 18.5. The van der Waals surface area contributed by atoms with Crippen molar-refractivity contribution in [3.63, 3.8) is 0 Å². The average molecular weight is 519 g/mol. The Kier molecular flexibility index (Phi) is 8.47. The van der Waals surface area contributed by atoms with Crippen LogP contribution in [-0.4, -0.2) is 42.8 Å². The SMILES string of the molecule is NC1NC1NCC1CCC(CN(CC(c2ccc(F)cc2)c2ccccc2F)C(=O)c2ccccc2)CC1. The first-order valence-corrected chi connectivity index (χ1v) is 13.6. The van der Waals surface area contributed by atoms with Gasteiger partial charge in [0, 0.05) is 24.6 Å². The number of hydrogen-bond acceptors (Lipinski definition) is 4. The van der Waals surface area contributed by atoms with Crippen molar-refractivity contribution in [2.75, 3.05) is 19.6 Å². The van der Waals surface area contributed by atoms with Crippen LogP contribution in [-0.2, 0) is 0 Å². The van der Waals surface area contributed by atoms with Crippen molar-refractivity contribution in [2.24, 2.45) is 17.6 Å². The van der Waals surface area contributed by atoms with Crippen LogP contribution in [0.2, 0.25) is 0 Å². The lowest BCUT2D eigenvalue weighted by Crippen LogP contribution is -2.40. The predicted octanol–water partition coefficient (Wildman–Crippen LogP) is 4.85. The monoisotopic (exact) mass is 518 g/mol. The molecular weight excluding hydrogens is 482 g/mol. The molecule has 1 heterocycles. The Morgan fingerprint density at radius 2 is 1.55 bits per heavy atom. The summed E-state index contributed by atoms with van der Waals surface area (Å²) in [6, 6.07) is 22.1. The van der Waals surface area contributed by atoms with Crippen LogP contribution in [0.1, 0.15) is 53.1 Å². The molecule has 3 aromatic rings. The van der Waals surface area contributed by atoms with Gasteiger partial charge in [0.15, 0.2) is 0 Å². The van der Waals surface area contributed by atoms with E-state index in [1.807, 2.05) is 35.2 Å². The van der Waals surface area contributed by atoms with Crippen molar-refractivity contribution in [1.29, 1.82) is 0 Å². The van der Waals surface area contributed by atoms with E-state index in [2.05, 4.69) is 10.6 Å². The molecule has 1 saturated heterocycles. The van der Waals surface area contributed by atoms with Crippen molar-refractivity contribution in [3.05, 3.63) is 107 Å². The van der Waals surface area contributed by atoms with E-state index < -0.39 is 5.92 Å². The smallest absolute Gasteiger partial charge is 0.253 e. The summed E-state index contributed by atoms with van der Waals surface area (Å²) >= 11 is 0. The Labute approximate surface area is 223 Å². The second-order valence-corrected chi connectivity index (χ2v) is 10.7. The van der Waals surface area contributed by atoms with E-state index >= 15 is 4.39 Å². The molecule has 5 nitrogen and oxygen atoms in total. The molecule has 0 aromatic heterocycles. The lowest BCUT2D eigenvalue weighted by atomic mass is 9.81. The summed E-state index contributed by atoms with van der Waals surface area (Å²) in [5.41, 5.74) is 7.73. The topological polar surface area (TPSA) is 80.3 Å². The summed E-state index contributed by atoms with van der Waals surface area (Å²) in [5, 5.41) is 6.64. The first kappa shape index (κ1) is 26.5. The van der Waals surface area contributed by atoms with Gasteiger partial charge in [-0.25, -0.2) is 8.78 Å². The molecule has 2 aliphatic rings. The van der Waals surface area contributed by atoms with Gasteiger partial charge in [-0.2, -0.15) is 0 Å². The number of nitrogens with zero attached hydrogens (tertiary/aromatic N) is 1. The van der Waals surface area contributed by atoms with Gasteiger partial charge in [0.2, 0.25) is 0 Å². The number of nitrogens with two attached hydrogens (primary N) is 1. The van der Waals surface area contributed by atoms with Gasteiger partial charge in [-0.1, -0.05) is 48.5 Å². The minimum absolute atomic E-state index is 0.0624. The van der Waals surface area contributed by atoms with Gasteiger partial charge < -0.3 is 10.6 Å². The van der Waals surface area contributed by atoms with E-state index in [0.29, 0.717) is 36.1 Å². The Balaban J connectivity index is 1.35. The zero-order valence-electron chi connectivity index (χ0n) is 21.5. The maximum absolute atomic E-state index is 15.0. The molecule has 4 N–H and O–H groups in total. The Bertz CT molecular complexity index is 1200. The summed E-state index contributed by atoms with van der Waals surface area (Å²) in [5.74, 6) is -0.179. The summed E-state index contributed by atoms with van der Waals surface area (Å²) in [6.07, 6.45) is 4.57. The maximum Gasteiger partial charge on any atom is 0.253 e. The highest BCUT2D eigenvalue weighted by Crippen LogP contribution is 2.32. The molecule has 0 radical (unpaired) electrons. The fourth-order valence-electron chi connectivity index (χ4n) is 5.62. The van der Waals surface area contributed by atoms with Crippen LogP contribution in [0, 0.1) is 23.5 Å². The molecule has 5 rings (SSSR count). The van der Waals surface area contributed by atoms with Crippen molar-refractivity contribution in [1.82, 2.24) is 15.5 Å². The molecule has 2 fully saturated rings. The summed E-state index contributed by atoms with van der Waals surface area (Å²) in [6.45, 7) is 1.87. The molecule has 7 heteroatoms. The normalized spacial score (nSPS) is 23.6. The number of hydrogen-bond donors (Lipinski definition) is 3. The summed E-state index contributed by atoms with van der Waals surface area (Å²) < 4.78 is 28.8. The third-order valence-corrected chi connectivity index (χ3v) is 7.96. The number of carbonyl (C=O) groups excluding carboxylic acids is 1. The predicted molar refractivity (Wildman–Crippen MR) is 145 cm³/mol. The van der Waals surface area contributed by atoms with Crippen LogP contribution in [0.3, 0.4) is 0 Å².